The van der Waals surface area contributed by atoms with Gasteiger partial charge in [0.1, 0.15) is 0 Å². The zero-order valence-electron chi connectivity index (χ0n) is 22.5. The lowest BCUT2D eigenvalue weighted by Crippen LogP contribution is -2.24. The van der Waals surface area contributed by atoms with Crippen LogP contribution in [0, 0.1) is 17.8 Å². The highest BCUT2D eigenvalue weighted by Crippen LogP contribution is 2.28. The van der Waals surface area contributed by atoms with Crippen molar-refractivity contribution >= 4 is 11.6 Å². The molecule has 0 N–H and O–H groups in total. The van der Waals surface area contributed by atoms with Gasteiger partial charge in [-0.1, -0.05) is 84.3 Å². The molecule has 0 fully saturated rings. The summed E-state index contributed by atoms with van der Waals surface area (Å²) in [5.41, 5.74) is 2.23. The Hall–Kier alpha value is -1.84. The van der Waals surface area contributed by atoms with Crippen molar-refractivity contribution in [3.63, 3.8) is 0 Å². The van der Waals surface area contributed by atoms with Gasteiger partial charge in [0.15, 0.2) is 0 Å². The van der Waals surface area contributed by atoms with E-state index in [9.17, 15) is 9.59 Å². The van der Waals surface area contributed by atoms with Crippen LogP contribution in [-0.2, 0) is 19.1 Å². The lowest BCUT2D eigenvalue weighted by atomic mass is 9.90. The Morgan fingerprint density at radius 1 is 0.788 bits per heavy atom. The van der Waals surface area contributed by atoms with Gasteiger partial charge in [0, 0.05) is 11.1 Å². The number of methoxy groups -OCH3 is 2. The minimum absolute atomic E-state index is 0.00314. The minimum atomic E-state index is -0.266. The molecule has 1 aliphatic rings. The third-order valence-electron chi connectivity index (χ3n) is 6.89. The number of ether oxygens (including phenoxy) is 2. The summed E-state index contributed by atoms with van der Waals surface area (Å²) in [5, 5.41) is 0. The maximum Gasteiger partial charge on any atom is 0.228 e. The topological polar surface area (TPSA) is 52.6 Å². The monoisotopic (exact) mass is 460 g/mol. The molecule has 0 bridgehead atoms. The summed E-state index contributed by atoms with van der Waals surface area (Å²) in [4.78, 5) is 25.2. The van der Waals surface area contributed by atoms with E-state index in [1.54, 1.807) is 6.92 Å². The first-order chi connectivity index (χ1) is 15.6. The number of allylic oxidation sites excluding steroid dienone is 4. The molecule has 2 atom stereocenters. The number of ketones is 2. The van der Waals surface area contributed by atoms with Crippen molar-refractivity contribution in [3.05, 3.63) is 34.3 Å². The van der Waals surface area contributed by atoms with E-state index in [1.807, 2.05) is 0 Å². The predicted molar refractivity (Wildman–Crippen MR) is 137 cm³/mol. The van der Waals surface area contributed by atoms with Crippen LogP contribution in [0.15, 0.2) is 34.3 Å². The quantitative estimate of drug-likeness (QED) is 0.175. The average molecular weight is 461 g/mol. The zero-order chi connectivity index (χ0) is 25.0. The Balaban J connectivity index is 2.39. The van der Waals surface area contributed by atoms with E-state index in [-0.39, 0.29) is 23.1 Å². The fraction of sp³-hybridized carbons (Fsp3) is 0.724. The SMILES string of the molecule is COC1=C(OC)C(=O)C(CC=C(C)CCCC(C)CCCC(C)CCCC(C)C)=C(C)C1=O. The largest absolute Gasteiger partial charge is 0.489 e. The molecule has 0 radical (unpaired) electrons. The molecule has 0 amide bonds. The number of carbonyl (C=O) groups is 2. The van der Waals surface area contributed by atoms with Crippen molar-refractivity contribution in [2.24, 2.45) is 17.8 Å². The molecule has 1 rings (SSSR count). The summed E-state index contributed by atoms with van der Waals surface area (Å²) < 4.78 is 10.3. The molecule has 0 spiro atoms. The lowest BCUT2D eigenvalue weighted by molar-refractivity contribution is -0.121. The van der Waals surface area contributed by atoms with Crippen LogP contribution in [0.5, 0.6) is 0 Å². The number of rotatable bonds is 16. The summed E-state index contributed by atoms with van der Waals surface area (Å²) in [6, 6.07) is 0. The second kappa shape index (κ2) is 15.1. The Morgan fingerprint density at radius 3 is 1.79 bits per heavy atom. The van der Waals surface area contributed by atoms with Crippen molar-refractivity contribution in [3.8, 4) is 0 Å². The molecular formula is C29H48O4. The van der Waals surface area contributed by atoms with E-state index in [2.05, 4.69) is 40.7 Å². The second-order valence-corrected chi connectivity index (χ2v) is 10.4. The molecule has 33 heavy (non-hydrogen) atoms. The first-order valence-corrected chi connectivity index (χ1v) is 12.9. The smallest absolute Gasteiger partial charge is 0.228 e. The third kappa shape index (κ3) is 9.90. The zero-order valence-corrected chi connectivity index (χ0v) is 22.5. The van der Waals surface area contributed by atoms with Crippen LogP contribution in [0.1, 0.15) is 106 Å². The highest BCUT2D eigenvalue weighted by Gasteiger charge is 2.34. The Labute approximate surface area is 202 Å². The van der Waals surface area contributed by atoms with Gasteiger partial charge < -0.3 is 9.47 Å². The molecule has 1 aliphatic carbocycles. The van der Waals surface area contributed by atoms with Crippen molar-refractivity contribution in [2.75, 3.05) is 14.2 Å². The molecule has 4 nitrogen and oxygen atoms in total. The first kappa shape index (κ1) is 29.2. The number of hydrogen-bond acceptors (Lipinski definition) is 4. The molecule has 0 aromatic rings. The average Bonchev–Trinajstić information content (AvgIpc) is 2.75. The van der Waals surface area contributed by atoms with Crippen LogP contribution in [0.25, 0.3) is 0 Å². The molecule has 188 valence electrons. The van der Waals surface area contributed by atoms with Crippen LogP contribution < -0.4 is 0 Å². The van der Waals surface area contributed by atoms with Gasteiger partial charge in [0.25, 0.3) is 0 Å². The van der Waals surface area contributed by atoms with Gasteiger partial charge in [-0.05, 0) is 50.9 Å². The van der Waals surface area contributed by atoms with Gasteiger partial charge in [-0.2, -0.15) is 0 Å². The number of Topliss-reactive ketones (excluding diaryl/α,β-unsaturated/α-hetero) is 2. The molecule has 0 aliphatic heterocycles. The molecule has 0 heterocycles. The molecular weight excluding hydrogens is 412 g/mol. The van der Waals surface area contributed by atoms with Gasteiger partial charge in [0.05, 0.1) is 14.2 Å². The molecule has 0 saturated heterocycles. The molecule has 4 heteroatoms. The van der Waals surface area contributed by atoms with Crippen LogP contribution in [0.2, 0.25) is 0 Å². The van der Waals surface area contributed by atoms with E-state index >= 15 is 0 Å². The van der Waals surface area contributed by atoms with Crippen molar-refractivity contribution < 1.29 is 19.1 Å². The maximum atomic E-state index is 12.7. The summed E-state index contributed by atoms with van der Waals surface area (Å²) in [6.07, 6.45) is 14.1. The van der Waals surface area contributed by atoms with E-state index in [0.29, 0.717) is 17.6 Å². The first-order valence-electron chi connectivity index (χ1n) is 12.9. The van der Waals surface area contributed by atoms with E-state index in [0.717, 1.165) is 30.6 Å². The Morgan fingerprint density at radius 2 is 1.27 bits per heavy atom. The van der Waals surface area contributed by atoms with Gasteiger partial charge in [-0.3, -0.25) is 9.59 Å². The van der Waals surface area contributed by atoms with E-state index in [1.165, 1.54) is 64.7 Å². The highest BCUT2D eigenvalue weighted by molar-refractivity contribution is 6.23. The van der Waals surface area contributed by atoms with Crippen LogP contribution in [0.4, 0.5) is 0 Å². The third-order valence-corrected chi connectivity index (χ3v) is 6.89. The Bertz CT molecular complexity index is 739. The summed E-state index contributed by atoms with van der Waals surface area (Å²) in [7, 11) is 2.78. The van der Waals surface area contributed by atoms with E-state index < -0.39 is 0 Å². The van der Waals surface area contributed by atoms with Crippen molar-refractivity contribution in [1.29, 1.82) is 0 Å². The maximum absolute atomic E-state index is 12.7. The van der Waals surface area contributed by atoms with Gasteiger partial charge in [0.2, 0.25) is 23.1 Å². The van der Waals surface area contributed by atoms with Crippen LogP contribution in [-0.4, -0.2) is 25.8 Å². The van der Waals surface area contributed by atoms with Crippen LogP contribution in [0.3, 0.4) is 0 Å². The van der Waals surface area contributed by atoms with Gasteiger partial charge >= 0.3 is 0 Å². The minimum Gasteiger partial charge on any atom is -0.489 e. The fourth-order valence-electron chi connectivity index (χ4n) is 4.52. The molecule has 2 unspecified atom stereocenters. The van der Waals surface area contributed by atoms with Gasteiger partial charge in [-0.15, -0.1) is 0 Å². The molecule has 0 aromatic carbocycles. The summed E-state index contributed by atoms with van der Waals surface area (Å²) >= 11 is 0. The molecule has 0 saturated carbocycles. The van der Waals surface area contributed by atoms with Crippen molar-refractivity contribution in [1.82, 2.24) is 0 Å². The van der Waals surface area contributed by atoms with Crippen molar-refractivity contribution in [2.45, 2.75) is 106 Å². The fourth-order valence-corrected chi connectivity index (χ4v) is 4.52. The van der Waals surface area contributed by atoms with Crippen LogP contribution >= 0.6 is 0 Å². The predicted octanol–water partition coefficient (Wildman–Crippen LogP) is 7.73. The van der Waals surface area contributed by atoms with E-state index in [4.69, 9.17) is 9.47 Å². The lowest BCUT2D eigenvalue weighted by Gasteiger charge is -2.19. The molecule has 0 aromatic heterocycles. The summed E-state index contributed by atoms with van der Waals surface area (Å²) in [6.45, 7) is 13.2. The Kier molecular flexibility index (Phi) is 13.4. The standard InChI is InChI=1S/C29H48O4/c1-20(2)12-9-13-21(3)14-10-15-22(4)16-11-17-23(5)18-19-25-24(6)26(30)28(32-7)29(33-8)27(25)31/h18,20-22H,9-17,19H2,1-8H3. The number of carbonyl (C=O) groups excluding carboxylic acids is 2. The normalized spacial score (nSPS) is 17.2. The number of hydrogen-bond donors (Lipinski definition) is 0. The highest BCUT2D eigenvalue weighted by atomic mass is 16.5. The van der Waals surface area contributed by atoms with Gasteiger partial charge in [-0.25, -0.2) is 0 Å². The summed E-state index contributed by atoms with van der Waals surface area (Å²) in [5.74, 6) is 1.93. The second-order valence-electron chi connectivity index (χ2n) is 10.4.